The Balaban J connectivity index is 1.41. The Morgan fingerprint density at radius 1 is 0.933 bits per heavy atom. The third-order valence-electron chi connectivity index (χ3n) is 16.8. The number of esters is 5. The van der Waals surface area contributed by atoms with Crippen molar-refractivity contribution < 1.29 is 81.2 Å². The average molecular weight is 845 g/mol. The van der Waals surface area contributed by atoms with Crippen LogP contribution in [0.1, 0.15) is 113 Å². The average Bonchev–Trinajstić information content (AvgIpc) is 3.63. The molecule has 0 amide bonds. The molecule has 4 saturated carbocycles. The molecular weight excluding hydrogens is 788 g/mol. The van der Waals surface area contributed by atoms with E-state index in [2.05, 4.69) is 0 Å². The fraction of sp³-hybridized carbons (Fsp3) is 0.791. The number of ether oxygens (including phenoxy) is 9. The highest BCUT2D eigenvalue weighted by atomic mass is 17.0. The summed E-state index contributed by atoms with van der Waals surface area (Å²) in [5, 5.41) is 28.1. The summed E-state index contributed by atoms with van der Waals surface area (Å²) in [6.07, 6.45) is -5.20. The van der Waals surface area contributed by atoms with E-state index in [9.17, 15) is 34.2 Å². The van der Waals surface area contributed by atoms with E-state index in [4.69, 9.17) is 47.0 Å². The summed E-state index contributed by atoms with van der Waals surface area (Å²) in [7, 11) is 1.21. The fourth-order valence-corrected chi connectivity index (χ4v) is 13.7. The number of fused-ring (bicyclic) bond motifs is 2. The molecule has 4 saturated heterocycles. The second-order valence-electron chi connectivity index (χ2n) is 20.0. The smallest absolute Gasteiger partial charge is 0.341 e. The number of carbonyl (C=O) groups is 5. The van der Waals surface area contributed by atoms with E-state index in [1.807, 2.05) is 6.92 Å². The van der Waals surface area contributed by atoms with Crippen LogP contribution in [0, 0.1) is 34.0 Å². The number of methoxy groups -OCH3 is 1. The Morgan fingerprint density at radius 2 is 1.60 bits per heavy atom. The zero-order chi connectivity index (χ0) is 43.8. The largest absolute Gasteiger partial charge is 0.472 e. The van der Waals surface area contributed by atoms with Crippen LogP contribution in [0.15, 0.2) is 23.0 Å². The number of rotatable bonds is 10. The van der Waals surface area contributed by atoms with E-state index in [0.29, 0.717) is 12.0 Å². The van der Waals surface area contributed by atoms with Gasteiger partial charge in [0.05, 0.1) is 44.0 Å². The van der Waals surface area contributed by atoms with E-state index < -0.39 is 147 Å². The lowest BCUT2D eigenvalue weighted by Crippen LogP contribution is -2.99. The number of epoxide rings is 1. The summed E-state index contributed by atoms with van der Waals surface area (Å²) in [6, 6.07) is 1.62. The first-order valence-electron chi connectivity index (χ1n) is 21.0. The lowest BCUT2D eigenvalue weighted by molar-refractivity contribution is -0.479. The predicted octanol–water partition coefficient (Wildman–Crippen LogP) is 3.34. The van der Waals surface area contributed by atoms with Gasteiger partial charge < -0.3 is 57.3 Å². The molecule has 60 heavy (non-hydrogen) atoms. The molecule has 4 bridgehead atoms. The van der Waals surface area contributed by atoms with Crippen molar-refractivity contribution in [1.82, 2.24) is 0 Å². The van der Waals surface area contributed by atoms with Gasteiger partial charge in [-0.15, -0.1) is 0 Å². The summed E-state index contributed by atoms with van der Waals surface area (Å²) < 4.78 is 63.7. The first-order chi connectivity index (χ1) is 27.8. The van der Waals surface area contributed by atoms with Crippen molar-refractivity contribution in [2.45, 2.75) is 171 Å². The number of hydrogen-bond acceptors (Lipinski definition) is 17. The van der Waals surface area contributed by atoms with Gasteiger partial charge >= 0.3 is 29.8 Å². The van der Waals surface area contributed by atoms with E-state index >= 15 is 0 Å². The van der Waals surface area contributed by atoms with Crippen molar-refractivity contribution in [3.63, 3.8) is 0 Å². The lowest BCUT2D eigenvalue weighted by Gasteiger charge is -2.79. The molecule has 4 unspecified atom stereocenters. The van der Waals surface area contributed by atoms with Crippen LogP contribution in [0.25, 0.3) is 0 Å². The van der Waals surface area contributed by atoms with Gasteiger partial charge in [-0.2, -0.15) is 0 Å². The minimum atomic E-state index is -2.80. The van der Waals surface area contributed by atoms with E-state index in [1.165, 1.54) is 33.5 Å². The number of furan rings is 1. The minimum absolute atomic E-state index is 0.151. The Morgan fingerprint density at radius 3 is 2.18 bits per heavy atom. The van der Waals surface area contributed by atoms with Crippen LogP contribution in [0.2, 0.25) is 0 Å². The van der Waals surface area contributed by atoms with Gasteiger partial charge in [-0.3, -0.25) is 19.2 Å². The molecule has 330 valence electrons. The maximum Gasteiger partial charge on any atom is 0.341 e. The monoisotopic (exact) mass is 844 g/mol. The zero-order valence-corrected chi connectivity index (χ0v) is 35.9. The highest BCUT2D eigenvalue weighted by Gasteiger charge is 3.07. The predicted molar refractivity (Wildman–Crippen MR) is 198 cm³/mol. The molecule has 2 N–H and O–H groups in total. The number of cyclic esters (lactones) is 1. The molecule has 17 atom stereocenters. The van der Waals surface area contributed by atoms with Gasteiger partial charge in [0.1, 0.15) is 29.5 Å². The Hall–Kier alpha value is -3.61. The summed E-state index contributed by atoms with van der Waals surface area (Å²) >= 11 is 0. The van der Waals surface area contributed by atoms with E-state index in [1.54, 1.807) is 54.5 Å². The highest BCUT2D eigenvalue weighted by molar-refractivity contribution is 5.83. The van der Waals surface area contributed by atoms with Gasteiger partial charge in [-0.25, -0.2) is 4.79 Å². The Kier molecular flexibility index (Phi) is 8.41. The van der Waals surface area contributed by atoms with E-state index in [-0.39, 0.29) is 12.8 Å². The normalized spacial score (nSPS) is 51.6. The van der Waals surface area contributed by atoms with Crippen molar-refractivity contribution in [2.75, 3.05) is 7.11 Å². The Bertz CT molecular complexity index is 2070. The van der Waals surface area contributed by atoms with Gasteiger partial charge in [0, 0.05) is 35.2 Å². The third-order valence-corrected chi connectivity index (χ3v) is 16.8. The summed E-state index contributed by atoms with van der Waals surface area (Å²) in [4.78, 5) is 71.1. The van der Waals surface area contributed by atoms with Gasteiger partial charge in [0.25, 0.3) is 5.97 Å². The lowest BCUT2D eigenvalue weighted by atomic mass is 9.31. The van der Waals surface area contributed by atoms with Crippen LogP contribution in [0.3, 0.4) is 0 Å². The maximum absolute atomic E-state index is 14.4. The molecule has 4 aliphatic carbocycles. The van der Waals surface area contributed by atoms with Crippen LogP contribution in [-0.2, 0) is 66.6 Å². The van der Waals surface area contributed by atoms with Crippen molar-refractivity contribution >= 4 is 29.8 Å². The van der Waals surface area contributed by atoms with Crippen molar-refractivity contribution in [3.8, 4) is 0 Å². The second-order valence-corrected chi connectivity index (χ2v) is 20.0. The standard InChI is InChI=1S/C43H56O17/c1-12-21(4)30(47)53-25-16-35(7)28(23-13-14-52-18-23)54-27(45)17-40(35)43-32(55-29(46)20(2)3)41(50)31(56-33(48)36(8)22(5)57-36)34(6)19-39(41,49)37(9,24(34)15-26(44)51-11)42(25,43)59-38(10,58-40)60-43/h13-14,18,20-22,24-25,28,31-32,49-50H,12,15-17,19H2,1-11H3/t21-,22-,24-,25+,28-,31-,32+,34?,35-,36+,37-,38?,39-,40-,41+,42?,43?/m0/s1. The fourth-order valence-electron chi connectivity index (χ4n) is 13.7. The van der Waals surface area contributed by atoms with Gasteiger partial charge in [0.2, 0.25) is 0 Å². The molecule has 1 aromatic heterocycles. The van der Waals surface area contributed by atoms with E-state index in [0.717, 1.165) is 0 Å². The van der Waals surface area contributed by atoms with Crippen molar-refractivity contribution in [3.05, 3.63) is 24.2 Å². The Labute approximate surface area is 347 Å². The number of hydrogen-bond donors (Lipinski definition) is 2. The molecule has 0 aromatic carbocycles. The topological polar surface area (TPSA) is 225 Å². The highest BCUT2D eigenvalue weighted by Crippen LogP contribution is 2.89. The molecule has 8 fully saturated rings. The first-order valence-corrected chi connectivity index (χ1v) is 21.0. The first kappa shape index (κ1) is 41.7. The van der Waals surface area contributed by atoms with Crippen LogP contribution < -0.4 is 0 Å². The quantitative estimate of drug-likeness (QED) is 0.196. The molecule has 1 aromatic rings. The molecule has 17 heteroatoms. The molecule has 9 rings (SSSR count). The SMILES string of the molecule is CC[C@H](C)C(=O)O[C@@H]1C[C@@]2(C)[C@H](c3ccoc3)OC(=O)C[C@]23OC2(C)OC34[C@H](OC(=O)C(C)C)[C@]3(O)[C@@H](OC(=O)[C@]5(C)O[C@H]5C)C5(C)C[C@]3(O)[C@](C)([C@H]5CC(=O)OC)C14O2. The zero-order valence-electron chi connectivity index (χ0n) is 35.9. The summed E-state index contributed by atoms with van der Waals surface area (Å²) in [5.74, 6) is -8.52. The van der Waals surface area contributed by atoms with Gasteiger partial charge in [-0.1, -0.05) is 48.5 Å². The number of aliphatic hydroxyl groups is 2. The molecule has 17 nitrogen and oxygen atoms in total. The second kappa shape index (κ2) is 12.1. The van der Waals surface area contributed by atoms with Crippen molar-refractivity contribution in [1.29, 1.82) is 0 Å². The van der Waals surface area contributed by atoms with Crippen molar-refractivity contribution in [2.24, 2.45) is 34.0 Å². The minimum Gasteiger partial charge on any atom is -0.472 e. The third kappa shape index (κ3) is 4.28. The van der Waals surface area contributed by atoms with Crippen LogP contribution in [0.4, 0.5) is 0 Å². The van der Waals surface area contributed by atoms with Crippen LogP contribution in [-0.4, -0.2) is 111 Å². The van der Waals surface area contributed by atoms with Gasteiger partial charge in [0.15, 0.2) is 28.5 Å². The molecule has 0 radical (unpaired) electrons. The molecule has 4 aliphatic heterocycles. The number of carbonyl (C=O) groups excluding carboxylic acids is 5. The molecule has 5 heterocycles. The van der Waals surface area contributed by atoms with Crippen LogP contribution in [0.5, 0.6) is 0 Å². The summed E-state index contributed by atoms with van der Waals surface area (Å²) in [5.41, 5.74) is -17.8. The molecule has 8 aliphatic rings. The molecule has 2 spiro atoms. The summed E-state index contributed by atoms with van der Waals surface area (Å²) in [6.45, 7) is 16.5. The van der Waals surface area contributed by atoms with Gasteiger partial charge in [-0.05, 0) is 45.1 Å². The maximum atomic E-state index is 14.4. The van der Waals surface area contributed by atoms with Crippen LogP contribution >= 0.6 is 0 Å². The molecular formula is C43H56O17.